The van der Waals surface area contributed by atoms with E-state index in [1.807, 2.05) is 24.4 Å². The Morgan fingerprint density at radius 3 is 2.96 bits per heavy atom. The van der Waals surface area contributed by atoms with E-state index in [0.29, 0.717) is 16.5 Å². The zero-order valence-corrected chi connectivity index (χ0v) is 13.6. The van der Waals surface area contributed by atoms with E-state index in [4.69, 9.17) is 11.6 Å². The van der Waals surface area contributed by atoms with E-state index in [-0.39, 0.29) is 10.9 Å². The minimum Gasteiger partial charge on any atom is -0.324 e. The lowest BCUT2D eigenvalue weighted by atomic mass is 10.3. The lowest BCUT2D eigenvalue weighted by Crippen LogP contribution is -2.22. The lowest BCUT2D eigenvalue weighted by molar-refractivity contribution is -0.115. The fraction of sp³-hybridized carbons (Fsp3) is 0.133. The summed E-state index contributed by atoms with van der Waals surface area (Å²) < 4.78 is 14.8. The van der Waals surface area contributed by atoms with Crippen LogP contribution in [0.15, 0.2) is 47.8 Å². The van der Waals surface area contributed by atoms with E-state index in [1.165, 1.54) is 23.9 Å². The van der Waals surface area contributed by atoms with Gasteiger partial charge in [-0.15, -0.1) is 10.2 Å². The lowest BCUT2D eigenvalue weighted by Gasteiger charge is -2.12. The van der Waals surface area contributed by atoms with Crippen molar-refractivity contribution in [3.63, 3.8) is 0 Å². The molecule has 0 bridgehead atoms. The third-order valence-electron chi connectivity index (χ3n) is 3.12. The van der Waals surface area contributed by atoms with Crippen LogP contribution < -0.4 is 5.32 Å². The molecule has 1 atom stereocenters. The van der Waals surface area contributed by atoms with Crippen LogP contribution in [-0.2, 0) is 4.79 Å². The average Bonchev–Trinajstić information content (AvgIpc) is 2.93. The van der Waals surface area contributed by atoms with Gasteiger partial charge in [0.1, 0.15) is 5.82 Å². The number of benzene rings is 1. The fourth-order valence-corrected chi connectivity index (χ4v) is 2.99. The summed E-state index contributed by atoms with van der Waals surface area (Å²) in [6, 6.07) is 9.39. The van der Waals surface area contributed by atoms with Crippen LogP contribution in [-0.4, -0.2) is 25.8 Å². The number of anilines is 1. The van der Waals surface area contributed by atoms with Crippen LogP contribution in [0.25, 0.3) is 5.65 Å². The Balaban J connectivity index is 1.72. The molecular formula is C15H12ClFN4OS. The van der Waals surface area contributed by atoms with Gasteiger partial charge in [0.15, 0.2) is 10.8 Å². The molecule has 0 aliphatic heterocycles. The molecule has 0 aliphatic carbocycles. The molecule has 3 rings (SSSR count). The molecule has 1 amide bonds. The van der Waals surface area contributed by atoms with Gasteiger partial charge in [0.25, 0.3) is 0 Å². The monoisotopic (exact) mass is 350 g/mol. The number of fused-ring (bicyclic) bond motifs is 1. The van der Waals surface area contributed by atoms with Gasteiger partial charge in [-0.25, -0.2) is 4.39 Å². The molecule has 118 valence electrons. The van der Waals surface area contributed by atoms with Gasteiger partial charge in [0, 0.05) is 6.20 Å². The van der Waals surface area contributed by atoms with E-state index in [0.717, 1.165) is 6.07 Å². The van der Waals surface area contributed by atoms with Crippen LogP contribution in [0.4, 0.5) is 10.1 Å². The largest absolute Gasteiger partial charge is 0.324 e. The number of nitrogens with zero attached hydrogens (tertiary/aromatic N) is 3. The molecular weight excluding hydrogens is 339 g/mol. The first-order valence-corrected chi connectivity index (χ1v) is 8.02. The Labute approximate surface area is 140 Å². The molecule has 0 fully saturated rings. The SMILES string of the molecule is C[C@H](Sc1nnc2ccccn12)C(=O)Nc1ccc(F)cc1Cl. The number of halogens is 2. The molecule has 0 aliphatic rings. The van der Waals surface area contributed by atoms with Crippen LogP contribution in [0.5, 0.6) is 0 Å². The molecule has 2 aromatic heterocycles. The predicted molar refractivity (Wildman–Crippen MR) is 88.3 cm³/mol. The fourth-order valence-electron chi connectivity index (χ4n) is 1.94. The quantitative estimate of drug-likeness (QED) is 0.730. The molecule has 0 spiro atoms. The highest BCUT2D eigenvalue weighted by atomic mass is 35.5. The summed E-state index contributed by atoms with van der Waals surface area (Å²) in [6.45, 7) is 1.75. The molecule has 3 aromatic rings. The normalized spacial score (nSPS) is 12.3. The highest BCUT2D eigenvalue weighted by Crippen LogP contribution is 2.26. The molecule has 23 heavy (non-hydrogen) atoms. The van der Waals surface area contributed by atoms with Crippen molar-refractivity contribution in [2.24, 2.45) is 0 Å². The number of hydrogen-bond donors (Lipinski definition) is 1. The zero-order chi connectivity index (χ0) is 16.4. The van der Waals surface area contributed by atoms with Crippen molar-refractivity contribution >= 4 is 40.6 Å². The summed E-state index contributed by atoms with van der Waals surface area (Å²) in [5.41, 5.74) is 1.08. The number of amides is 1. The first-order chi connectivity index (χ1) is 11.0. The van der Waals surface area contributed by atoms with E-state index < -0.39 is 11.1 Å². The van der Waals surface area contributed by atoms with Gasteiger partial charge >= 0.3 is 0 Å². The van der Waals surface area contributed by atoms with Gasteiger partial charge in [-0.3, -0.25) is 9.20 Å². The van der Waals surface area contributed by atoms with E-state index in [2.05, 4.69) is 15.5 Å². The van der Waals surface area contributed by atoms with Crippen LogP contribution in [0.2, 0.25) is 5.02 Å². The summed E-state index contributed by atoms with van der Waals surface area (Å²) >= 11 is 7.19. The number of thioether (sulfide) groups is 1. The number of carbonyl (C=O) groups excluding carboxylic acids is 1. The minimum absolute atomic E-state index is 0.156. The van der Waals surface area contributed by atoms with Crippen LogP contribution in [0.1, 0.15) is 6.92 Å². The summed E-state index contributed by atoms with van der Waals surface area (Å²) in [6.07, 6.45) is 1.83. The molecule has 8 heteroatoms. The smallest absolute Gasteiger partial charge is 0.237 e. The van der Waals surface area contributed by atoms with Crippen LogP contribution >= 0.6 is 23.4 Å². The van der Waals surface area contributed by atoms with Crippen molar-refractivity contribution in [1.82, 2.24) is 14.6 Å². The minimum atomic E-state index is -0.453. The second kappa shape index (κ2) is 6.55. The maximum absolute atomic E-state index is 13.0. The summed E-state index contributed by atoms with van der Waals surface area (Å²) in [5.74, 6) is -0.707. The second-order valence-corrected chi connectivity index (χ2v) is 6.50. The number of aromatic nitrogens is 3. The average molecular weight is 351 g/mol. The van der Waals surface area contributed by atoms with E-state index in [1.54, 1.807) is 11.3 Å². The second-order valence-electron chi connectivity index (χ2n) is 4.78. The van der Waals surface area contributed by atoms with Crippen molar-refractivity contribution in [3.8, 4) is 0 Å². The topological polar surface area (TPSA) is 59.3 Å². The maximum Gasteiger partial charge on any atom is 0.237 e. The molecule has 2 heterocycles. The predicted octanol–water partition coefficient (Wildman–Crippen LogP) is 3.64. The van der Waals surface area contributed by atoms with E-state index in [9.17, 15) is 9.18 Å². The zero-order valence-electron chi connectivity index (χ0n) is 12.0. The third kappa shape index (κ3) is 3.46. The highest BCUT2D eigenvalue weighted by molar-refractivity contribution is 8.00. The molecule has 1 N–H and O–H groups in total. The molecule has 1 aromatic carbocycles. The van der Waals surface area contributed by atoms with Gasteiger partial charge in [-0.2, -0.15) is 0 Å². The molecule has 5 nitrogen and oxygen atoms in total. The number of pyridine rings is 1. The third-order valence-corrected chi connectivity index (χ3v) is 4.49. The van der Waals surface area contributed by atoms with Crippen molar-refractivity contribution in [2.45, 2.75) is 17.3 Å². The molecule has 0 saturated heterocycles. The maximum atomic E-state index is 13.0. The highest BCUT2D eigenvalue weighted by Gasteiger charge is 2.18. The van der Waals surface area contributed by atoms with Crippen LogP contribution in [0.3, 0.4) is 0 Å². The Hall–Kier alpha value is -2.12. The number of carbonyl (C=O) groups is 1. The standard InChI is InChI=1S/C15H12ClFN4OS/c1-9(14(22)18-12-6-5-10(17)8-11(12)16)23-15-20-19-13-4-2-3-7-21(13)15/h2-9H,1H3,(H,18,22)/t9-/m0/s1. The summed E-state index contributed by atoms with van der Waals surface area (Å²) in [7, 11) is 0. The number of hydrogen-bond acceptors (Lipinski definition) is 4. The van der Waals surface area contributed by atoms with Gasteiger partial charge < -0.3 is 5.32 Å². The first kappa shape index (κ1) is 15.8. The summed E-state index contributed by atoms with van der Waals surface area (Å²) in [4.78, 5) is 12.3. The Kier molecular flexibility index (Phi) is 4.49. The molecule has 0 unspecified atom stereocenters. The molecule has 0 radical (unpaired) electrons. The van der Waals surface area contributed by atoms with Crippen LogP contribution in [0, 0.1) is 5.82 Å². The van der Waals surface area contributed by atoms with E-state index >= 15 is 0 Å². The first-order valence-electron chi connectivity index (χ1n) is 6.77. The van der Waals surface area contributed by atoms with Crippen molar-refractivity contribution < 1.29 is 9.18 Å². The Bertz CT molecular complexity index is 870. The van der Waals surface area contributed by atoms with Gasteiger partial charge in [0.05, 0.1) is 16.0 Å². The molecule has 0 saturated carbocycles. The van der Waals surface area contributed by atoms with Gasteiger partial charge in [-0.1, -0.05) is 29.4 Å². The van der Waals surface area contributed by atoms with Crippen molar-refractivity contribution in [2.75, 3.05) is 5.32 Å². The van der Waals surface area contributed by atoms with Crippen molar-refractivity contribution in [3.05, 3.63) is 53.4 Å². The Morgan fingerprint density at radius 2 is 2.17 bits per heavy atom. The number of nitrogens with one attached hydrogen (secondary N) is 1. The van der Waals surface area contributed by atoms with Gasteiger partial charge in [0.2, 0.25) is 5.91 Å². The Morgan fingerprint density at radius 1 is 1.35 bits per heavy atom. The number of rotatable bonds is 4. The van der Waals surface area contributed by atoms with Crippen molar-refractivity contribution in [1.29, 1.82) is 0 Å². The van der Waals surface area contributed by atoms with Gasteiger partial charge in [-0.05, 0) is 37.3 Å². The summed E-state index contributed by atoms with van der Waals surface area (Å²) in [5, 5.41) is 11.1.